The van der Waals surface area contributed by atoms with Gasteiger partial charge >= 0.3 is 0 Å². The van der Waals surface area contributed by atoms with E-state index < -0.39 is 32.1 Å². The predicted octanol–water partition coefficient (Wildman–Crippen LogP) is 4.02. The van der Waals surface area contributed by atoms with Gasteiger partial charge in [-0.25, -0.2) is 26.3 Å². The largest absolute Gasteiger partial charge is 0.241 e. The standard InChI is InChI=1S/C24H26N2O4S2/c1-19(20(2)25-31(27,28)22-14-8-4-9-15-22)18-24(21-12-6-3-7-13-21)26-32(29,30)23-16-10-5-11-17-23/h3-17,20,24-26H,1,18H2,2H3/t20-,24+/m1/s1. The lowest BCUT2D eigenvalue weighted by Crippen LogP contribution is -2.36. The molecule has 3 aromatic rings. The highest BCUT2D eigenvalue weighted by molar-refractivity contribution is 7.89. The molecule has 0 aliphatic rings. The molecule has 0 radical (unpaired) electrons. The molecule has 0 aliphatic carbocycles. The molecule has 3 aromatic carbocycles. The monoisotopic (exact) mass is 470 g/mol. The van der Waals surface area contributed by atoms with Crippen molar-refractivity contribution in [3.05, 3.63) is 109 Å². The first kappa shape index (κ1) is 23.9. The average Bonchev–Trinajstić information content (AvgIpc) is 2.80. The van der Waals surface area contributed by atoms with Crippen molar-refractivity contribution in [2.24, 2.45) is 0 Å². The molecule has 0 saturated carbocycles. The minimum Gasteiger partial charge on any atom is -0.207 e. The van der Waals surface area contributed by atoms with Crippen LogP contribution in [0.1, 0.15) is 24.9 Å². The molecular formula is C24H26N2O4S2. The zero-order chi connectivity index (χ0) is 23.2. The molecule has 0 aliphatic heterocycles. The van der Waals surface area contributed by atoms with Crippen LogP contribution in [0.4, 0.5) is 0 Å². The molecule has 6 nitrogen and oxygen atoms in total. The van der Waals surface area contributed by atoms with Crippen LogP contribution in [0.15, 0.2) is 113 Å². The molecule has 0 fully saturated rings. The van der Waals surface area contributed by atoms with E-state index in [1.807, 2.05) is 30.3 Å². The Bertz CT molecular complexity index is 1250. The average molecular weight is 471 g/mol. The number of hydrogen-bond acceptors (Lipinski definition) is 4. The zero-order valence-corrected chi connectivity index (χ0v) is 19.3. The molecule has 0 amide bonds. The zero-order valence-electron chi connectivity index (χ0n) is 17.7. The smallest absolute Gasteiger partial charge is 0.207 e. The quantitative estimate of drug-likeness (QED) is 0.438. The van der Waals surface area contributed by atoms with E-state index >= 15 is 0 Å². The number of hydrogen-bond donors (Lipinski definition) is 2. The predicted molar refractivity (Wildman–Crippen MR) is 126 cm³/mol. The second-order valence-electron chi connectivity index (χ2n) is 7.42. The number of nitrogens with one attached hydrogen (secondary N) is 2. The Morgan fingerprint density at radius 1 is 0.719 bits per heavy atom. The van der Waals surface area contributed by atoms with Crippen molar-refractivity contribution in [1.29, 1.82) is 0 Å². The molecule has 0 saturated heterocycles. The summed E-state index contributed by atoms with van der Waals surface area (Å²) in [4.78, 5) is 0.313. The highest BCUT2D eigenvalue weighted by Crippen LogP contribution is 2.25. The van der Waals surface area contributed by atoms with E-state index in [0.717, 1.165) is 5.56 Å². The van der Waals surface area contributed by atoms with Crippen molar-refractivity contribution in [3.63, 3.8) is 0 Å². The highest BCUT2D eigenvalue weighted by Gasteiger charge is 2.25. The van der Waals surface area contributed by atoms with Crippen molar-refractivity contribution in [3.8, 4) is 0 Å². The molecule has 0 unspecified atom stereocenters. The van der Waals surface area contributed by atoms with E-state index in [9.17, 15) is 16.8 Å². The number of benzene rings is 3. The van der Waals surface area contributed by atoms with Crippen molar-refractivity contribution in [1.82, 2.24) is 9.44 Å². The van der Waals surface area contributed by atoms with Crippen molar-refractivity contribution < 1.29 is 16.8 Å². The summed E-state index contributed by atoms with van der Waals surface area (Å²) in [6.07, 6.45) is 0.217. The van der Waals surface area contributed by atoms with E-state index in [4.69, 9.17) is 0 Å². The van der Waals surface area contributed by atoms with Gasteiger partial charge in [-0.1, -0.05) is 78.9 Å². The fourth-order valence-electron chi connectivity index (χ4n) is 3.19. The molecule has 8 heteroatoms. The van der Waals surface area contributed by atoms with E-state index in [-0.39, 0.29) is 16.2 Å². The molecule has 0 heterocycles. The Labute approximate surface area is 190 Å². The molecular weight excluding hydrogens is 444 g/mol. The van der Waals surface area contributed by atoms with Crippen molar-refractivity contribution >= 4 is 20.0 Å². The lowest BCUT2D eigenvalue weighted by atomic mass is 9.97. The summed E-state index contributed by atoms with van der Waals surface area (Å²) in [5, 5.41) is 0. The van der Waals surface area contributed by atoms with Crippen LogP contribution in [0.5, 0.6) is 0 Å². The van der Waals surface area contributed by atoms with Gasteiger partial charge < -0.3 is 0 Å². The molecule has 168 valence electrons. The van der Waals surface area contributed by atoms with E-state index in [2.05, 4.69) is 16.0 Å². The third-order valence-corrected chi connectivity index (χ3v) is 8.06. The van der Waals surface area contributed by atoms with Gasteiger partial charge in [-0.2, -0.15) is 0 Å². The molecule has 3 rings (SSSR count). The van der Waals surface area contributed by atoms with Gasteiger partial charge in [0.15, 0.2) is 0 Å². The Hall–Kier alpha value is -2.78. The Kier molecular flexibility index (Phi) is 7.63. The summed E-state index contributed by atoms with van der Waals surface area (Å²) in [5.41, 5.74) is 1.31. The lowest BCUT2D eigenvalue weighted by Gasteiger charge is -2.24. The van der Waals surface area contributed by atoms with Crippen LogP contribution in [0, 0.1) is 0 Å². The molecule has 32 heavy (non-hydrogen) atoms. The summed E-state index contributed by atoms with van der Waals surface area (Å²) < 4.78 is 56.5. The molecule has 0 aromatic heterocycles. The maximum Gasteiger partial charge on any atom is 0.241 e. The van der Waals surface area contributed by atoms with Crippen LogP contribution in [-0.2, 0) is 20.0 Å². The summed E-state index contributed by atoms with van der Waals surface area (Å²) in [6.45, 7) is 5.73. The van der Waals surface area contributed by atoms with Gasteiger partial charge in [-0.15, -0.1) is 0 Å². The van der Waals surface area contributed by atoms with Crippen LogP contribution in [0.3, 0.4) is 0 Å². The van der Waals surface area contributed by atoms with Gasteiger partial charge in [0.1, 0.15) is 0 Å². The van der Waals surface area contributed by atoms with Gasteiger partial charge in [-0.3, -0.25) is 0 Å². The maximum absolute atomic E-state index is 12.9. The van der Waals surface area contributed by atoms with Crippen molar-refractivity contribution in [2.45, 2.75) is 35.2 Å². The molecule has 0 bridgehead atoms. The first-order valence-corrected chi connectivity index (χ1v) is 13.0. The fourth-order valence-corrected chi connectivity index (χ4v) is 5.72. The van der Waals surface area contributed by atoms with Crippen molar-refractivity contribution in [2.75, 3.05) is 0 Å². The summed E-state index contributed by atoms with van der Waals surface area (Å²) in [7, 11) is -7.52. The Morgan fingerprint density at radius 3 is 1.59 bits per heavy atom. The second kappa shape index (κ2) is 10.2. The fraction of sp³-hybridized carbons (Fsp3) is 0.167. The second-order valence-corrected chi connectivity index (χ2v) is 10.8. The lowest BCUT2D eigenvalue weighted by molar-refractivity contribution is 0.539. The normalized spacial score (nSPS) is 13.9. The van der Waals surface area contributed by atoms with Gasteiger partial charge in [-0.05, 0) is 43.2 Å². The van der Waals surface area contributed by atoms with E-state index in [1.54, 1.807) is 43.3 Å². The first-order valence-electron chi connectivity index (χ1n) is 10.1. The van der Waals surface area contributed by atoms with Gasteiger partial charge in [0.2, 0.25) is 20.0 Å². The third-order valence-electron chi connectivity index (χ3n) is 5.02. The van der Waals surface area contributed by atoms with Gasteiger partial charge in [0, 0.05) is 6.04 Å². The topological polar surface area (TPSA) is 92.3 Å². The summed E-state index contributed by atoms with van der Waals surface area (Å²) in [6, 6.07) is 24.1. The number of sulfonamides is 2. The molecule has 0 spiro atoms. The maximum atomic E-state index is 12.9. The van der Waals surface area contributed by atoms with E-state index in [0.29, 0.717) is 5.57 Å². The first-order chi connectivity index (χ1) is 15.2. The minimum atomic E-state index is -3.79. The Balaban J connectivity index is 1.80. The summed E-state index contributed by atoms with van der Waals surface area (Å²) >= 11 is 0. The van der Waals surface area contributed by atoms with Gasteiger partial charge in [0.05, 0.1) is 15.8 Å². The SMILES string of the molecule is C=C(C[C@H](NS(=O)(=O)c1ccccc1)c1ccccc1)[C@@H](C)NS(=O)(=O)c1ccccc1. The molecule has 2 N–H and O–H groups in total. The van der Waals surface area contributed by atoms with Gasteiger partial charge in [0.25, 0.3) is 0 Å². The van der Waals surface area contributed by atoms with E-state index in [1.165, 1.54) is 24.3 Å². The van der Waals surface area contributed by atoms with Crippen LogP contribution >= 0.6 is 0 Å². The van der Waals surface area contributed by atoms with Crippen LogP contribution in [0.25, 0.3) is 0 Å². The third kappa shape index (κ3) is 6.14. The highest BCUT2D eigenvalue weighted by atomic mass is 32.2. The number of rotatable bonds is 10. The van der Waals surface area contributed by atoms with Crippen LogP contribution < -0.4 is 9.44 Å². The minimum absolute atomic E-state index is 0.157. The summed E-state index contributed by atoms with van der Waals surface area (Å²) in [5.74, 6) is 0. The molecule has 2 atom stereocenters. The van der Waals surface area contributed by atoms with Crippen LogP contribution in [-0.4, -0.2) is 22.9 Å². The Morgan fingerprint density at radius 2 is 1.12 bits per heavy atom. The van der Waals surface area contributed by atoms with Crippen LogP contribution in [0.2, 0.25) is 0 Å².